The Labute approximate surface area is 136 Å². The van der Waals surface area contributed by atoms with E-state index in [1.807, 2.05) is 19.1 Å². The molecule has 0 aliphatic carbocycles. The molecule has 1 aromatic heterocycles. The van der Waals surface area contributed by atoms with Gasteiger partial charge in [0.25, 0.3) is 0 Å². The fraction of sp³-hybridized carbons (Fsp3) is 0.444. The van der Waals surface area contributed by atoms with Crippen molar-refractivity contribution in [2.24, 2.45) is 0 Å². The minimum Gasteiger partial charge on any atom is -0.483 e. The van der Waals surface area contributed by atoms with E-state index in [9.17, 15) is 0 Å². The number of aryl methyl sites for hydroxylation is 1. The standard InChI is InChI=1S/C18H21N3O2/c1-2-16-19-20-17(22-16)21-12-5-9-18(11-13-21)10-8-14-6-3-4-7-15(14)23-18/h3-4,6-8,10H,2,5,9,11-13H2,1H3/t18-/m1/s1. The molecule has 5 nitrogen and oxygen atoms in total. The molecule has 5 heteroatoms. The van der Waals surface area contributed by atoms with Crippen molar-refractivity contribution in [1.82, 2.24) is 10.2 Å². The molecule has 1 saturated heterocycles. The van der Waals surface area contributed by atoms with Gasteiger partial charge in [0.1, 0.15) is 11.4 Å². The molecule has 120 valence electrons. The fourth-order valence-electron chi connectivity index (χ4n) is 3.31. The molecule has 1 spiro atoms. The number of hydrogen-bond donors (Lipinski definition) is 0. The van der Waals surface area contributed by atoms with Crippen LogP contribution in [-0.4, -0.2) is 28.9 Å². The molecule has 0 N–H and O–H groups in total. The molecular weight excluding hydrogens is 290 g/mol. The van der Waals surface area contributed by atoms with Crippen molar-refractivity contribution in [3.8, 4) is 5.75 Å². The molecule has 0 unspecified atom stereocenters. The molecule has 3 heterocycles. The summed E-state index contributed by atoms with van der Waals surface area (Å²) in [5.74, 6) is 1.68. The first kappa shape index (κ1) is 14.3. The van der Waals surface area contributed by atoms with Crippen molar-refractivity contribution in [2.75, 3.05) is 18.0 Å². The van der Waals surface area contributed by atoms with Gasteiger partial charge in [0.15, 0.2) is 0 Å². The van der Waals surface area contributed by atoms with Gasteiger partial charge >= 0.3 is 6.01 Å². The van der Waals surface area contributed by atoms with Gasteiger partial charge in [-0.15, -0.1) is 5.10 Å². The Morgan fingerprint density at radius 3 is 2.96 bits per heavy atom. The van der Waals surface area contributed by atoms with Gasteiger partial charge in [0.2, 0.25) is 5.89 Å². The van der Waals surface area contributed by atoms with E-state index in [-0.39, 0.29) is 5.60 Å². The van der Waals surface area contributed by atoms with Crippen molar-refractivity contribution in [3.05, 3.63) is 41.8 Å². The minimum absolute atomic E-state index is 0.212. The van der Waals surface area contributed by atoms with Gasteiger partial charge in [-0.05, 0) is 25.0 Å². The smallest absolute Gasteiger partial charge is 0.318 e. The SMILES string of the molecule is CCc1nnc(N2CCC[C@@]3(C=Cc4ccccc4O3)CC2)o1. The Morgan fingerprint density at radius 2 is 2.09 bits per heavy atom. The number of benzene rings is 1. The van der Waals surface area contributed by atoms with E-state index in [2.05, 4.69) is 39.4 Å². The van der Waals surface area contributed by atoms with Gasteiger partial charge in [-0.2, -0.15) is 0 Å². The molecule has 0 radical (unpaired) electrons. The molecule has 1 atom stereocenters. The van der Waals surface area contributed by atoms with Crippen molar-refractivity contribution in [3.63, 3.8) is 0 Å². The number of nitrogens with zero attached hydrogens (tertiary/aromatic N) is 3. The molecule has 2 aromatic rings. The van der Waals surface area contributed by atoms with Crippen molar-refractivity contribution in [2.45, 2.75) is 38.2 Å². The van der Waals surface area contributed by atoms with E-state index in [1.165, 1.54) is 0 Å². The summed E-state index contributed by atoms with van der Waals surface area (Å²) in [6.45, 7) is 3.80. The van der Waals surface area contributed by atoms with Gasteiger partial charge in [0.05, 0.1) is 0 Å². The summed E-state index contributed by atoms with van der Waals surface area (Å²) in [5.41, 5.74) is 0.945. The third-order valence-corrected chi connectivity index (χ3v) is 4.66. The van der Waals surface area contributed by atoms with Crippen molar-refractivity contribution in [1.29, 1.82) is 0 Å². The number of aromatic nitrogens is 2. The van der Waals surface area contributed by atoms with Gasteiger partial charge in [0, 0.05) is 31.5 Å². The second kappa shape index (κ2) is 5.72. The first-order valence-electron chi connectivity index (χ1n) is 8.33. The van der Waals surface area contributed by atoms with Crippen molar-refractivity contribution < 1.29 is 9.15 Å². The predicted molar refractivity (Wildman–Crippen MR) is 88.6 cm³/mol. The Balaban J connectivity index is 1.52. The maximum Gasteiger partial charge on any atom is 0.318 e. The van der Waals surface area contributed by atoms with E-state index in [4.69, 9.17) is 9.15 Å². The van der Waals surface area contributed by atoms with Crippen LogP contribution >= 0.6 is 0 Å². The summed E-state index contributed by atoms with van der Waals surface area (Å²) in [7, 11) is 0. The zero-order valence-electron chi connectivity index (χ0n) is 13.4. The largest absolute Gasteiger partial charge is 0.483 e. The third kappa shape index (κ3) is 2.71. The van der Waals surface area contributed by atoms with Gasteiger partial charge < -0.3 is 14.1 Å². The number of rotatable bonds is 2. The average molecular weight is 311 g/mol. The van der Waals surface area contributed by atoms with Crippen LogP contribution in [0.25, 0.3) is 6.08 Å². The first-order chi connectivity index (χ1) is 11.3. The highest BCUT2D eigenvalue weighted by Gasteiger charge is 2.35. The Hall–Kier alpha value is -2.30. The van der Waals surface area contributed by atoms with E-state index >= 15 is 0 Å². The lowest BCUT2D eigenvalue weighted by Gasteiger charge is -2.34. The summed E-state index contributed by atoms with van der Waals surface area (Å²) >= 11 is 0. The average Bonchev–Trinajstić information content (AvgIpc) is 2.98. The van der Waals surface area contributed by atoms with E-state index in [1.54, 1.807) is 0 Å². The predicted octanol–water partition coefficient (Wildman–Crippen LogP) is 3.47. The summed E-state index contributed by atoms with van der Waals surface area (Å²) in [5, 5.41) is 8.24. The maximum absolute atomic E-state index is 6.37. The molecule has 0 bridgehead atoms. The van der Waals surface area contributed by atoms with Crippen LogP contribution in [0.3, 0.4) is 0 Å². The Morgan fingerprint density at radius 1 is 1.17 bits per heavy atom. The second-order valence-electron chi connectivity index (χ2n) is 6.21. The molecule has 2 aliphatic rings. The molecule has 2 aliphatic heterocycles. The quantitative estimate of drug-likeness (QED) is 0.850. The Bertz CT molecular complexity index is 725. The number of ether oxygens (including phenoxy) is 1. The fourth-order valence-corrected chi connectivity index (χ4v) is 3.31. The van der Waals surface area contributed by atoms with E-state index in [0.717, 1.165) is 50.1 Å². The lowest BCUT2D eigenvalue weighted by Crippen LogP contribution is -2.37. The van der Waals surface area contributed by atoms with Crippen molar-refractivity contribution >= 4 is 12.1 Å². The summed E-state index contributed by atoms with van der Waals surface area (Å²) in [6, 6.07) is 8.85. The molecule has 1 fully saturated rings. The number of anilines is 1. The van der Waals surface area contributed by atoms with Crippen LogP contribution in [0.4, 0.5) is 6.01 Å². The lowest BCUT2D eigenvalue weighted by atomic mass is 9.91. The van der Waals surface area contributed by atoms with Crippen LogP contribution in [0.15, 0.2) is 34.8 Å². The minimum atomic E-state index is -0.212. The van der Waals surface area contributed by atoms with Crippen LogP contribution in [0.5, 0.6) is 5.75 Å². The molecule has 23 heavy (non-hydrogen) atoms. The number of fused-ring (bicyclic) bond motifs is 1. The lowest BCUT2D eigenvalue weighted by molar-refractivity contribution is 0.104. The van der Waals surface area contributed by atoms with Crippen LogP contribution in [-0.2, 0) is 6.42 Å². The van der Waals surface area contributed by atoms with Crippen LogP contribution in [0.1, 0.15) is 37.6 Å². The zero-order valence-corrected chi connectivity index (χ0v) is 13.4. The number of hydrogen-bond acceptors (Lipinski definition) is 5. The summed E-state index contributed by atoms with van der Waals surface area (Å²) < 4.78 is 12.1. The second-order valence-corrected chi connectivity index (χ2v) is 6.21. The first-order valence-corrected chi connectivity index (χ1v) is 8.33. The summed E-state index contributed by atoms with van der Waals surface area (Å²) in [4.78, 5) is 2.18. The molecule has 4 rings (SSSR count). The summed E-state index contributed by atoms with van der Waals surface area (Å²) in [6.07, 6.45) is 8.15. The third-order valence-electron chi connectivity index (χ3n) is 4.66. The highest BCUT2D eigenvalue weighted by atomic mass is 16.5. The Kier molecular flexibility index (Phi) is 3.56. The van der Waals surface area contributed by atoms with Gasteiger partial charge in [-0.25, -0.2) is 0 Å². The molecule has 0 saturated carbocycles. The van der Waals surface area contributed by atoms with Gasteiger partial charge in [-0.3, -0.25) is 0 Å². The van der Waals surface area contributed by atoms with Gasteiger partial charge in [-0.1, -0.05) is 36.3 Å². The molecular formula is C18H21N3O2. The topological polar surface area (TPSA) is 51.4 Å². The monoisotopic (exact) mass is 311 g/mol. The van der Waals surface area contributed by atoms with Crippen LogP contribution in [0.2, 0.25) is 0 Å². The highest BCUT2D eigenvalue weighted by Crippen LogP contribution is 2.37. The molecule has 0 amide bonds. The van der Waals surface area contributed by atoms with E-state index in [0.29, 0.717) is 11.9 Å². The molecule has 1 aromatic carbocycles. The van der Waals surface area contributed by atoms with Crippen LogP contribution in [0, 0.1) is 0 Å². The highest BCUT2D eigenvalue weighted by molar-refractivity contribution is 5.61. The maximum atomic E-state index is 6.37. The number of para-hydroxylation sites is 1. The van der Waals surface area contributed by atoms with E-state index < -0.39 is 0 Å². The van der Waals surface area contributed by atoms with Crippen LogP contribution < -0.4 is 9.64 Å². The normalized spacial score (nSPS) is 23.4. The zero-order chi connectivity index (χ0) is 15.7.